The van der Waals surface area contributed by atoms with E-state index in [4.69, 9.17) is 9.72 Å². The molecule has 3 rings (SSSR count). The molecule has 3 nitrogen and oxygen atoms in total. The maximum absolute atomic E-state index is 5.97. The fourth-order valence-electron chi connectivity index (χ4n) is 2.59. The second-order valence-corrected chi connectivity index (χ2v) is 7.50. The average molecular weight is 294 g/mol. The summed E-state index contributed by atoms with van der Waals surface area (Å²) in [5.74, 6) is 1.21. The van der Waals surface area contributed by atoms with Gasteiger partial charge in [-0.3, -0.25) is 0 Å². The Kier molecular flexibility index (Phi) is 4.43. The lowest BCUT2D eigenvalue weighted by Crippen LogP contribution is -2.15. The molecular formula is C16H26N2OS. The van der Waals surface area contributed by atoms with E-state index in [0.717, 1.165) is 19.2 Å². The molecule has 1 atom stereocenters. The highest BCUT2D eigenvalue weighted by atomic mass is 32.1. The maximum atomic E-state index is 5.97. The van der Waals surface area contributed by atoms with Crippen LogP contribution in [0, 0.1) is 5.92 Å². The van der Waals surface area contributed by atoms with Gasteiger partial charge in [0, 0.05) is 24.1 Å². The quantitative estimate of drug-likeness (QED) is 0.786. The second-order valence-electron chi connectivity index (χ2n) is 6.38. The summed E-state index contributed by atoms with van der Waals surface area (Å²) in [7, 11) is 0. The molecule has 0 saturated heterocycles. The van der Waals surface area contributed by atoms with Crippen LogP contribution in [0.4, 0.5) is 0 Å². The summed E-state index contributed by atoms with van der Waals surface area (Å²) in [5.41, 5.74) is 1.28. The third kappa shape index (κ3) is 3.41. The van der Waals surface area contributed by atoms with E-state index in [9.17, 15) is 0 Å². The Hall–Kier alpha value is -0.450. The van der Waals surface area contributed by atoms with E-state index in [2.05, 4.69) is 26.1 Å². The lowest BCUT2D eigenvalue weighted by Gasteiger charge is -2.13. The molecule has 2 aliphatic carbocycles. The van der Waals surface area contributed by atoms with Crippen LogP contribution in [0.25, 0.3) is 0 Å². The molecule has 1 heterocycles. The molecular weight excluding hydrogens is 268 g/mol. The van der Waals surface area contributed by atoms with Crippen LogP contribution in [-0.4, -0.2) is 17.6 Å². The highest BCUT2D eigenvalue weighted by Gasteiger charge is 2.35. The van der Waals surface area contributed by atoms with Crippen molar-refractivity contribution in [3.8, 4) is 0 Å². The fourth-order valence-corrected chi connectivity index (χ4v) is 3.91. The molecule has 0 bridgehead atoms. The highest BCUT2D eigenvalue weighted by Crippen LogP contribution is 2.45. The minimum absolute atomic E-state index is 0.247. The van der Waals surface area contributed by atoms with Crippen molar-refractivity contribution in [3.63, 3.8) is 0 Å². The van der Waals surface area contributed by atoms with Crippen molar-refractivity contribution < 1.29 is 4.74 Å². The Morgan fingerprint density at radius 1 is 1.30 bits per heavy atom. The van der Waals surface area contributed by atoms with E-state index in [-0.39, 0.29) is 6.10 Å². The lowest BCUT2D eigenvalue weighted by atomic mass is 10.1. The van der Waals surface area contributed by atoms with Gasteiger partial charge in [-0.25, -0.2) is 4.98 Å². The smallest absolute Gasteiger partial charge is 0.122 e. The van der Waals surface area contributed by atoms with Gasteiger partial charge in [0.2, 0.25) is 0 Å². The van der Waals surface area contributed by atoms with E-state index in [1.807, 2.05) is 11.3 Å². The van der Waals surface area contributed by atoms with Crippen molar-refractivity contribution in [3.05, 3.63) is 15.6 Å². The minimum atomic E-state index is 0.247. The summed E-state index contributed by atoms with van der Waals surface area (Å²) >= 11 is 1.88. The van der Waals surface area contributed by atoms with Crippen LogP contribution in [-0.2, 0) is 11.3 Å². The zero-order chi connectivity index (χ0) is 14.1. The minimum Gasteiger partial charge on any atom is -0.371 e. The largest absolute Gasteiger partial charge is 0.371 e. The standard InChI is InChI=1S/C16H26N2OS/c1-4-19-15(11-5-6-11)16-18-14(10(2)3)13(20-16)9-17-12-7-8-12/h10-12,15,17H,4-9H2,1-3H3. The van der Waals surface area contributed by atoms with Gasteiger partial charge in [0.25, 0.3) is 0 Å². The predicted molar refractivity (Wildman–Crippen MR) is 83.2 cm³/mol. The van der Waals surface area contributed by atoms with E-state index < -0.39 is 0 Å². The molecule has 0 spiro atoms. The Morgan fingerprint density at radius 2 is 2.05 bits per heavy atom. The van der Waals surface area contributed by atoms with Gasteiger partial charge in [-0.2, -0.15) is 0 Å². The molecule has 0 aromatic carbocycles. The van der Waals surface area contributed by atoms with Crippen molar-refractivity contribution in [2.75, 3.05) is 6.61 Å². The van der Waals surface area contributed by atoms with Crippen LogP contribution in [0.2, 0.25) is 0 Å². The zero-order valence-electron chi connectivity index (χ0n) is 12.8. The Labute approximate surface area is 126 Å². The predicted octanol–water partition coefficient (Wildman–Crippen LogP) is 4.01. The third-order valence-corrected chi connectivity index (χ3v) is 5.19. The lowest BCUT2D eigenvalue weighted by molar-refractivity contribution is 0.0461. The van der Waals surface area contributed by atoms with Crippen LogP contribution < -0.4 is 5.32 Å². The van der Waals surface area contributed by atoms with Crippen LogP contribution >= 0.6 is 11.3 Å². The van der Waals surface area contributed by atoms with E-state index in [1.54, 1.807) is 0 Å². The fraction of sp³-hybridized carbons (Fsp3) is 0.812. The van der Waals surface area contributed by atoms with Crippen molar-refractivity contribution in [1.29, 1.82) is 0 Å². The summed E-state index contributed by atoms with van der Waals surface area (Å²) in [6.07, 6.45) is 5.53. The monoisotopic (exact) mass is 294 g/mol. The van der Waals surface area contributed by atoms with Gasteiger partial charge in [-0.1, -0.05) is 13.8 Å². The molecule has 112 valence electrons. The average Bonchev–Trinajstić information content (AvgIpc) is 3.32. The Balaban J connectivity index is 1.76. The van der Waals surface area contributed by atoms with Crippen molar-refractivity contribution in [1.82, 2.24) is 10.3 Å². The van der Waals surface area contributed by atoms with Crippen LogP contribution in [0.15, 0.2) is 0 Å². The molecule has 2 saturated carbocycles. The topological polar surface area (TPSA) is 34.1 Å². The molecule has 1 aromatic heterocycles. The van der Waals surface area contributed by atoms with Crippen LogP contribution in [0.1, 0.15) is 74.1 Å². The molecule has 1 aromatic rings. The normalized spacial score (nSPS) is 20.6. The van der Waals surface area contributed by atoms with E-state index in [1.165, 1.54) is 41.3 Å². The number of ether oxygens (including phenoxy) is 1. The van der Waals surface area contributed by atoms with Gasteiger partial charge in [0.15, 0.2) is 0 Å². The maximum Gasteiger partial charge on any atom is 0.122 e. The summed E-state index contributed by atoms with van der Waals surface area (Å²) in [6.45, 7) is 8.34. The molecule has 1 N–H and O–H groups in total. The molecule has 0 radical (unpaired) electrons. The summed E-state index contributed by atoms with van der Waals surface area (Å²) in [4.78, 5) is 6.37. The summed E-state index contributed by atoms with van der Waals surface area (Å²) in [5, 5.41) is 4.84. The van der Waals surface area contributed by atoms with Crippen molar-refractivity contribution in [2.24, 2.45) is 5.92 Å². The number of nitrogens with one attached hydrogen (secondary N) is 1. The molecule has 0 amide bonds. The van der Waals surface area contributed by atoms with Crippen LogP contribution in [0.5, 0.6) is 0 Å². The van der Waals surface area contributed by atoms with Crippen molar-refractivity contribution in [2.45, 2.75) is 71.1 Å². The first-order valence-corrected chi connectivity index (χ1v) is 8.85. The Bertz CT molecular complexity index is 449. The van der Waals surface area contributed by atoms with Gasteiger partial charge in [-0.05, 0) is 44.4 Å². The molecule has 4 heteroatoms. The number of hydrogen-bond acceptors (Lipinski definition) is 4. The first-order valence-electron chi connectivity index (χ1n) is 8.03. The van der Waals surface area contributed by atoms with Gasteiger partial charge in [0.05, 0.1) is 5.69 Å². The van der Waals surface area contributed by atoms with Crippen molar-refractivity contribution >= 4 is 11.3 Å². The molecule has 2 aliphatic rings. The number of thiazole rings is 1. The van der Waals surface area contributed by atoms with Gasteiger partial charge < -0.3 is 10.1 Å². The Morgan fingerprint density at radius 3 is 2.60 bits per heavy atom. The first-order chi connectivity index (χ1) is 9.69. The SMILES string of the molecule is CCOC(c1nc(C(C)C)c(CNC2CC2)s1)C1CC1. The number of nitrogens with zero attached hydrogens (tertiary/aromatic N) is 1. The highest BCUT2D eigenvalue weighted by molar-refractivity contribution is 7.11. The number of hydrogen-bond donors (Lipinski definition) is 1. The summed E-state index contributed by atoms with van der Waals surface area (Å²) < 4.78 is 5.97. The molecule has 1 unspecified atom stereocenters. The third-order valence-electron chi connectivity index (χ3n) is 4.06. The van der Waals surface area contributed by atoms with E-state index in [0.29, 0.717) is 11.8 Å². The first kappa shape index (κ1) is 14.5. The van der Waals surface area contributed by atoms with Gasteiger partial charge in [0.1, 0.15) is 11.1 Å². The van der Waals surface area contributed by atoms with Gasteiger partial charge >= 0.3 is 0 Å². The molecule has 2 fully saturated rings. The van der Waals surface area contributed by atoms with E-state index >= 15 is 0 Å². The van der Waals surface area contributed by atoms with Gasteiger partial charge in [-0.15, -0.1) is 11.3 Å². The molecule has 20 heavy (non-hydrogen) atoms. The summed E-state index contributed by atoms with van der Waals surface area (Å²) in [6, 6.07) is 0.756. The second kappa shape index (κ2) is 6.12. The molecule has 0 aliphatic heterocycles. The number of aromatic nitrogens is 1. The van der Waals surface area contributed by atoms with Crippen LogP contribution in [0.3, 0.4) is 0 Å². The zero-order valence-corrected chi connectivity index (χ0v) is 13.6. The number of rotatable bonds is 8.